The van der Waals surface area contributed by atoms with Crippen molar-refractivity contribution in [1.82, 2.24) is 10.2 Å². The van der Waals surface area contributed by atoms with E-state index in [1.807, 2.05) is 11.8 Å². The van der Waals surface area contributed by atoms with E-state index in [0.717, 1.165) is 50.1 Å². The number of hydrogen-bond donors (Lipinski definition) is 1. The van der Waals surface area contributed by atoms with Gasteiger partial charge in [-0.2, -0.15) is 0 Å². The lowest BCUT2D eigenvalue weighted by molar-refractivity contribution is -0.0209. The topological polar surface area (TPSA) is 36.9 Å². The SMILES string of the molecule is CCN1CCOC(CN=C2NC(C)(CC)CS2)C1. The van der Waals surface area contributed by atoms with Crippen LogP contribution in [0.5, 0.6) is 0 Å². The summed E-state index contributed by atoms with van der Waals surface area (Å²) in [5.74, 6) is 1.12. The Bertz CT molecular complexity index is 311. The first kappa shape index (κ1) is 14.2. The van der Waals surface area contributed by atoms with Gasteiger partial charge in [-0.25, -0.2) is 0 Å². The molecule has 2 saturated heterocycles. The maximum Gasteiger partial charge on any atom is 0.157 e. The molecule has 2 aliphatic rings. The highest BCUT2D eigenvalue weighted by molar-refractivity contribution is 8.14. The Morgan fingerprint density at radius 2 is 2.39 bits per heavy atom. The zero-order valence-electron chi connectivity index (χ0n) is 11.7. The first-order chi connectivity index (χ1) is 8.65. The maximum atomic E-state index is 5.76. The van der Waals surface area contributed by atoms with Crippen LogP contribution in [0.1, 0.15) is 27.2 Å². The van der Waals surface area contributed by atoms with Crippen LogP contribution in [0.15, 0.2) is 4.99 Å². The number of rotatable bonds is 4. The molecule has 104 valence electrons. The molecule has 0 amide bonds. The van der Waals surface area contributed by atoms with Gasteiger partial charge in [0.1, 0.15) is 0 Å². The number of aliphatic imine (C=N–C) groups is 1. The van der Waals surface area contributed by atoms with Gasteiger partial charge in [0.25, 0.3) is 0 Å². The summed E-state index contributed by atoms with van der Waals surface area (Å²) in [5.41, 5.74) is 0.229. The molecule has 2 fully saturated rings. The summed E-state index contributed by atoms with van der Waals surface area (Å²) in [4.78, 5) is 7.11. The molecule has 2 heterocycles. The van der Waals surface area contributed by atoms with E-state index in [1.165, 1.54) is 0 Å². The molecule has 1 N–H and O–H groups in total. The van der Waals surface area contributed by atoms with Crippen molar-refractivity contribution in [2.75, 3.05) is 38.5 Å². The molecule has 0 spiro atoms. The second kappa shape index (κ2) is 6.26. The molecular formula is C13H25N3OS. The molecule has 0 aliphatic carbocycles. The highest BCUT2D eigenvalue weighted by atomic mass is 32.2. The zero-order chi connectivity index (χ0) is 13.0. The van der Waals surface area contributed by atoms with Crippen LogP contribution >= 0.6 is 11.8 Å². The molecule has 0 radical (unpaired) electrons. The van der Waals surface area contributed by atoms with Crippen molar-refractivity contribution in [3.05, 3.63) is 0 Å². The number of thioether (sulfide) groups is 1. The number of ether oxygens (including phenoxy) is 1. The van der Waals surface area contributed by atoms with E-state index in [4.69, 9.17) is 4.74 Å². The fourth-order valence-electron chi connectivity index (χ4n) is 2.20. The molecular weight excluding hydrogens is 246 g/mol. The maximum absolute atomic E-state index is 5.76. The summed E-state index contributed by atoms with van der Waals surface area (Å²) in [6, 6.07) is 0. The van der Waals surface area contributed by atoms with Crippen LogP contribution in [0, 0.1) is 0 Å². The van der Waals surface area contributed by atoms with Crippen molar-refractivity contribution in [2.24, 2.45) is 4.99 Å². The van der Waals surface area contributed by atoms with E-state index in [-0.39, 0.29) is 11.6 Å². The monoisotopic (exact) mass is 271 g/mol. The summed E-state index contributed by atoms with van der Waals surface area (Å²) in [6.07, 6.45) is 1.41. The summed E-state index contributed by atoms with van der Waals surface area (Å²) in [7, 11) is 0. The number of hydrogen-bond acceptors (Lipinski definition) is 4. The first-order valence-electron chi connectivity index (χ1n) is 6.94. The minimum atomic E-state index is 0.229. The third-order valence-corrected chi connectivity index (χ3v) is 5.11. The van der Waals surface area contributed by atoms with Crippen molar-refractivity contribution in [1.29, 1.82) is 0 Å². The summed E-state index contributed by atoms with van der Waals surface area (Å²) in [5, 5.41) is 4.62. The Labute approximate surface area is 115 Å². The molecule has 4 nitrogen and oxygen atoms in total. The molecule has 5 heteroatoms. The molecule has 2 rings (SSSR count). The largest absolute Gasteiger partial charge is 0.374 e. The molecule has 0 saturated carbocycles. The number of likely N-dealkylation sites (N-methyl/N-ethyl adjacent to an activating group) is 1. The molecule has 0 aromatic heterocycles. The summed E-state index contributed by atoms with van der Waals surface area (Å²) in [6.45, 7) is 11.5. The predicted molar refractivity (Wildman–Crippen MR) is 78.4 cm³/mol. The van der Waals surface area contributed by atoms with Crippen molar-refractivity contribution in [3.63, 3.8) is 0 Å². The average molecular weight is 271 g/mol. The fraction of sp³-hybridized carbons (Fsp3) is 0.923. The first-order valence-corrected chi connectivity index (χ1v) is 7.93. The van der Waals surface area contributed by atoms with Crippen LogP contribution in [0.3, 0.4) is 0 Å². The van der Waals surface area contributed by atoms with Crippen LogP contribution in [0.2, 0.25) is 0 Å². The third kappa shape index (κ3) is 3.62. The molecule has 0 aromatic carbocycles. The minimum absolute atomic E-state index is 0.229. The Morgan fingerprint density at radius 3 is 3.06 bits per heavy atom. The highest BCUT2D eigenvalue weighted by Gasteiger charge is 2.30. The number of nitrogens with zero attached hydrogens (tertiary/aromatic N) is 2. The smallest absolute Gasteiger partial charge is 0.157 e. The van der Waals surface area contributed by atoms with Crippen LogP contribution < -0.4 is 5.32 Å². The van der Waals surface area contributed by atoms with E-state index in [2.05, 4.69) is 36.0 Å². The highest BCUT2D eigenvalue weighted by Crippen LogP contribution is 2.25. The molecule has 0 aromatic rings. The van der Waals surface area contributed by atoms with E-state index in [9.17, 15) is 0 Å². The Kier molecular flexibility index (Phi) is 4.92. The molecule has 0 bridgehead atoms. The quantitative estimate of drug-likeness (QED) is 0.842. The Hall–Kier alpha value is -0.260. The second-order valence-corrected chi connectivity index (χ2v) is 6.32. The van der Waals surface area contributed by atoms with Gasteiger partial charge in [0.05, 0.1) is 19.3 Å². The van der Waals surface area contributed by atoms with Crippen LogP contribution in [0.25, 0.3) is 0 Å². The van der Waals surface area contributed by atoms with E-state index < -0.39 is 0 Å². The summed E-state index contributed by atoms with van der Waals surface area (Å²) >= 11 is 1.84. The average Bonchev–Trinajstić information content (AvgIpc) is 2.79. The molecule has 2 aliphatic heterocycles. The van der Waals surface area contributed by atoms with Crippen LogP contribution in [0.4, 0.5) is 0 Å². The lowest BCUT2D eigenvalue weighted by atomic mass is 10.0. The Morgan fingerprint density at radius 1 is 1.56 bits per heavy atom. The second-order valence-electron chi connectivity index (χ2n) is 5.36. The number of nitrogens with one attached hydrogen (secondary N) is 1. The van der Waals surface area contributed by atoms with Crippen molar-refractivity contribution >= 4 is 16.9 Å². The lowest BCUT2D eigenvalue weighted by Gasteiger charge is -2.31. The normalized spacial score (nSPS) is 35.9. The van der Waals surface area contributed by atoms with Crippen molar-refractivity contribution in [2.45, 2.75) is 38.8 Å². The van der Waals surface area contributed by atoms with Crippen molar-refractivity contribution < 1.29 is 4.74 Å². The lowest BCUT2D eigenvalue weighted by Crippen LogP contribution is -2.44. The van der Waals surface area contributed by atoms with Crippen molar-refractivity contribution in [3.8, 4) is 0 Å². The van der Waals surface area contributed by atoms with Gasteiger partial charge in [0.2, 0.25) is 0 Å². The van der Waals surface area contributed by atoms with Gasteiger partial charge >= 0.3 is 0 Å². The van der Waals surface area contributed by atoms with Gasteiger partial charge in [-0.05, 0) is 19.9 Å². The van der Waals surface area contributed by atoms with Gasteiger partial charge in [0, 0.05) is 24.4 Å². The van der Waals surface area contributed by atoms with Crippen LogP contribution in [-0.2, 0) is 4.74 Å². The molecule has 2 unspecified atom stereocenters. The minimum Gasteiger partial charge on any atom is -0.374 e. The van der Waals surface area contributed by atoms with Gasteiger partial charge in [0.15, 0.2) is 5.17 Å². The van der Waals surface area contributed by atoms with Crippen LogP contribution in [-0.4, -0.2) is 60.2 Å². The summed E-state index contributed by atoms with van der Waals surface area (Å²) < 4.78 is 5.76. The fourth-order valence-corrected chi connectivity index (χ4v) is 3.41. The third-order valence-electron chi connectivity index (χ3n) is 3.83. The van der Waals surface area contributed by atoms with Gasteiger partial charge in [-0.1, -0.05) is 25.6 Å². The van der Waals surface area contributed by atoms with E-state index in [0.29, 0.717) is 0 Å². The predicted octanol–water partition coefficient (Wildman–Crippen LogP) is 1.57. The number of morpholine rings is 1. The van der Waals surface area contributed by atoms with E-state index >= 15 is 0 Å². The van der Waals surface area contributed by atoms with Gasteiger partial charge in [-0.15, -0.1) is 0 Å². The standard InChI is InChI=1S/C13H25N3OS/c1-4-13(3)10-18-12(15-13)14-8-11-9-16(5-2)6-7-17-11/h11H,4-10H2,1-3H3,(H,14,15). The van der Waals surface area contributed by atoms with Gasteiger partial charge in [-0.3, -0.25) is 9.89 Å². The van der Waals surface area contributed by atoms with Gasteiger partial charge < -0.3 is 10.1 Å². The Balaban J connectivity index is 1.80. The van der Waals surface area contributed by atoms with E-state index in [1.54, 1.807) is 0 Å². The molecule has 18 heavy (non-hydrogen) atoms. The zero-order valence-corrected chi connectivity index (χ0v) is 12.6. The number of amidine groups is 1. The molecule has 2 atom stereocenters.